The van der Waals surface area contributed by atoms with E-state index < -0.39 is 0 Å². The van der Waals surface area contributed by atoms with Crippen molar-refractivity contribution in [3.8, 4) is 5.75 Å². The third-order valence-electron chi connectivity index (χ3n) is 3.13. The van der Waals surface area contributed by atoms with Crippen LogP contribution < -0.4 is 4.74 Å². The van der Waals surface area contributed by atoms with Crippen molar-refractivity contribution < 1.29 is 13.9 Å². The van der Waals surface area contributed by atoms with Gasteiger partial charge in [-0.1, -0.05) is 30.3 Å². The maximum Gasteiger partial charge on any atom is 0.208 e. The van der Waals surface area contributed by atoms with Gasteiger partial charge in [0.25, 0.3) is 0 Å². The van der Waals surface area contributed by atoms with E-state index >= 15 is 0 Å². The topological polar surface area (TPSA) is 39.4 Å². The largest absolute Gasteiger partial charge is 0.496 e. The molecule has 4 heteroatoms. The van der Waals surface area contributed by atoms with Gasteiger partial charge in [-0.25, -0.2) is 0 Å². The van der Waals surface area contributed by atoms with Crippen LogP contribution in [0.5, 0.6) is 5.75 Å². The number of ketones is 1. The van der Waals surface area contributed by atoms with Gasteiger partial charge in [0.05, 0.1) is 12.9 Å². The normalized spacial score (nSPS) is 10.7. The van der Waals surface area contributed by atoms with Crippen molar-refractivity contribution in [3.05, 3.63) is 60.4 Å². The number of carbonyl (C=O) groups is 1. The van der Waals surface area contributed by atoms with Gasteiger partial charge in [-0.15, -0.1) is 11.8 Å². The predicted octanol–water partition coefficient (Wildman–Crippen LogP) is 4.42. The molecule has 2 aromatic carbocycles. The van der Waals surface area contributed by atoms with E-state index in [1.807, 2.05) is 48.5 Å². The fraction of sp³-hybridized carbons (Fsp3) is 0.118. The molecule has 0 aliphatic rings. The highest BCUT2D eigenvalue weighted by Crippen LogP contribution is 2.29. The molecule has 3 aromatic rings. The van der Waals surface area contributed by atoms with E-state index in [9.17, 15) is 4.79 Å². The first-order valence-corrected chi connectivity index (χ1v) is 7.54. The average molecular weight is 298 g/mol. The van der Waals surface area contributed by atoms with E-state index in [4.69, 9.17) is 9.15 Å². The van der Waals surface area contributed by atoms with Gasteiger partial charge in [0.1, 0.15) is 11.3 Å². The number of carbonyl (C=O) groups excluding carboxylic acids is 1. The molecular weight excluding hydrogens is 284 g/mol. The van der Waals surface area contributed by atoms with Crippen LogP contribution in [0.2, 0.25) is 0 Å². The lowest BCUT2D eigenvalue weighted by molar-refractivity contribution is 0.0994. The first-order valence-electron chi connectivity index (χ1n) is 6.55. The minimum absolute atomic E-state index is 0.0258. The minimum atomic E-state index is -0.0258. The highest BCUT2D eigenvalue weighted by Gasteiger charge is 2.13. The summed E-state index contributed by atoms with van der Waals surface area (Å²) in [5, 5.41) is 0.947. The Bertz CT molecular complexity index is 743. The van der Waals surface area contributed by atoms with Crippen molar-refractivity contribution in [2.75, 3.05) is 12.9 Å². The number of furan rings is 1. The van der Waals surface area contributed by atoms with E-state index in [0.717, 1.165) is 21.6 Å². The molecule has 0 unspecified atom stereocenters. The third-order valence-corrected chi connectivity index (χ3v) is 4.18. The van der Waals surface area contributed by atoms with Crippen LogP contribution in [0.3, 0.4) is 0 Å². The fourth-order valence-corrected chi connectivity index (χ4v) is 2.97. The van der Waals surface area contributed by atoms with Gasteiger partial charge in [0.15, 0.2) is 5.76 Å². The van der Waals surface area contributed by atoms with Crippen LogP contribution in [0.15, 0.2) is 63.9 Å². The van der Waals surface area contributed by atoms with Crippen LogP contribution in [-0.2, 0) is 0 Å². The van der Waals surface area contributed by atoms with Gasteiger partial charge < -0.3 is 9.15 Å². The molecular formula is C17H14O3S. The van der Waals surface area contributed by atoms with Crippen LogP contribution in [0.4, 0.5) is 0 Å². The maximum absolute atomic E-state index is 12.2. The highest BCUT2D eigenvalue weighted by atomic mass is 32.2. The summed E-state index contributed by atoms with van der Waals surface area (Å²) in [7, 11) is 1.63. The minimum Gasteiger partial charge on any atom is -0.496 e. The quantitative estimate of drug-likeness (QED) is 0.516. The molecule has 0 radical (unpaired) electrons. The molecule has 0 fully saturated rings. The van der Waals surface area contributed by atoms with Crippen LogP contribution in [-0.4, -0.2) is 18.6 Å². The van der Waals surface area contributed by atoms with Gasteiger partial charge in [0, 0.05) is 10.3 Å². The molecule has 1 aromatic heterocycles. The number of ether oxygens (including phenoxy) is 1. The molecule has 0 aliphatic heterocycles. The number of fused-ring (bicyclic) bond motifs is 1. The summed E-state index contributed by atoms with van der Waals surface area (Å²) < 4.78 is 10.9. The van der Waals surface area contributed by atoms with Crippen molar-refractivity contribution >= 4 is 28.5 Å². The number of thioether (sulfide) groups is 1. The van der Waals surface area contributed by atoms with Gasteiger partial charge in [0.2, 0.25) is 5.78 Å². The lowest BCUT2D eigenvalue weighted by atomic mass is 10.2. The molecule has 3 nitrogen and oxygen atoms in total. The summed E-state index contributed by atoms with van der Waals surface area (Å²) in [6.45, 7) is 0. The van der Waals surface area contributed by atoms with Crippen molar-refractivity contribution in [3.63, 3.8) is 0 Å². The van der Waals surface area contributed by atoms with Crippen molar-refractivity contribution in [1.82, 2.24) is 0 Å². The number of Topliss-reactive ketones (excluding diaryl/α,β-unsaturated/α-hetero) is 1. The molecule has 0 aliphatic carbocycles. The Balaban J connectivity index is 1.74. The molecule has 0 saturated carbocycles. The molecule has 0 N–H and O–H groups in total. The number of hydrogen-bond acceptors (Lipinski definition) is 4. The molecule has 106 valence electrons. The molecule has 0 atom stereocenters. The Hall–Kier alpha value is -2.20. The van der Waals surface area contributed by atoms with Crippen molar-refractivity contribution in [2.24, 2.45) is 0 Å². The van der Waals surface area contributed by atoms with Crippen LogP contribution >= 0.6 is 11.8 Å². The standard InChI is InChI=1S/C17H14O3S/c1-19-15-8-4-5-9-17(15)21-11-13(18)16-10-12-6-2-3-7-14(12)20-16/h2-10H,11H2,1H3. The van der Waals surface area contributed by atoms with E-state index in [-0.39, 0.29) is 5.78 Å². The summed E-state index contributed by atoms with van der Waals surface area (Å²) in [5.41, 5.74) is 0.739. The fourth-order valence-electron chi connectivity index (χ4n) is 2.07. The Morgan fingerprint density at radius 1 is 1.14 bits per heavy atom. The zero-order valence-electron chi connectivity index (χ0n) is 11.5. The average Bonchev–Trinajstić information content (AvgIpc) is 2.97. The number of para-hydroxylation sites is 2. The van der Waals surface area contributed by atoms with E-state index in [2.05, 4.69) is 0 Å². The smallest absolute Gasteiger partial charge is 0.208 e. The second kappa shape index (κ2) is 6.06. The number of benzene rings is 2. The summed E-state index contributed by atoms with van der Waals surface area (Å²) in [5.74, 6) is 1.47. The third kappa shape index (κ3) is 2.95. The van der Waals surface area contributed by atoms with Gasteiger partial charge >= 0.3 is 0 Å². The number of hydrogen-bond donors (Lipinski definition) is 0. The van der Waals surface area contributed by atoms with Gasteiger partial charge in [-0.05, 0) is 24.3 Å². The van der Waals surface area contributed by atoms with Crippen LogP contribution in [0, 0.1) is 0 Å². The summed E-state index contributed by atoms with van der Waals surface area (Å²) in [6.07, 6.45) is 0. The van der Waals surface area contributed by atoms with Crippen molar-refractivity contribution in [2.45, 2.75) is 4.90 Å². The summed E-state index contributed by atoms with van der Waals surface area (Å²) in [6, 6.07) is 17.1. The van der Waals surface area contributed by atoms with Crippen LogP contribution in [0.1, 0.15) is 10.6 Å². The van der Waals surface area contributed by atoms with Crippen LogP contribution in [0.25, 0.3) is 11.0 Å². The molecule has 0 bridgehead atoms. The maximum atomic E-state index is 12.2. The molecule has 1 heterocycles. The zero-order valence-corrected chi connectivity index (χ0v) is 12.4. The predicted molar refractivity (Wildman–Crippen MR) is 84.3 cm³/mol. The summed E-state index contributed by atoms with van der Waals surface area (Å²) >= 11 is 1.45. The lowest BCUT2D eigenvalue weighted by Gasteiger charge is -2.06. The van der Waals surface area contributed by atoms with E-state index in [1.54, 1.807) is 13.2 Å². The van der Waals surface area contributed by atoms with E-state index in [0.29, 0.717) is 11.5 Å². The van der Waals surface area contributed by atoms with Crippen molar-refractivity contribution in [1.29, 1.82) is 0 Å². The Labute approximate surface area is 126 Å². The summed E-state index contributed by atoms with van der Waals surface area (Å²) in [4.78, 5) is 13.2. The molecule has 21 heavy (non-hydrogen) atoms. The molecule has 0 spiro atoms. The molecule has 0 saturated heterocycles. The zero-order chi connectivity index (χ0) is 14.7. The SMILES string of the molecule is COc1ccccc1SCC(=O)c1cc2ccccc2o1. The number of methoxy groups -OCH3 is 1. The Kier molecular flexibility index (Phi) is 3.97. The van der Waals surface area contributed by atoms with E-state index in [1.165, 1.54) is 11.8 Å². The first-order chi connectivity index (χ1) is 10.3. The Morgan fingerprint density at radius 3 is 2.71 bits per heavy atom. The Morgan fingerprint density at radius 2 is 1.90 bits per heavy atom. The van der Waals surface area contributed by atoms with Gasteiger partial charge in [-0.3, -0.25) is 4.79 Å². The van der Waals surface area contributed by atoms with Gasteiger partial charge in [-0.2, -0.15) is 0 Å². The highest BCUT2D eigenvalue weighted by molar-refractivity contribution is 8.00. The monoisotopic (exact) mass is 298 g/mol. The molecule has 0 amide bonds. The first kappa shape index (κ1) is 13.8. The molecule has 3 rings (SSSR count). The lowest BCUT2D eigenvalue weighted by Crippen LogP contribution is -2.00. The second-order valence-electron chi connectivity index (χ2n) is 4.51. The number of rotatable bonds is 5. The second-order valence-corrected chi connectivity index (χ2v) is 5.53.